The van der Waals surface area contributed by atoms with Gasteiger partial charge in [0.2, 0.25) is 5.91 Å². The highest BCUT2D eigenvalue weighted by Gasteiger charge is 2.28. The maximum atomic E-state index is 12.1. The topological polar surface area (TPSA) is 73.1 Å². The summed E-state index contributed by atoms with van der Waals surface area (Å²) >= 11 is 0. The second-order valence-electron chi connectivity index (χ2n) is 5.88. The molecule has 6 nitrogen and oxygen atoms in total. The summed E-state index contributed by atoms with van der Waals surface area (Å²) in [4.78, 5) is 24.1. The zero-order valence-corrected chi connectivity index (χ0v) is 13.6. The van der Waals surface area contributed by atoms with Crippen LogP contribution in [0.25, 0.3) is 11.3 Å². The molecule has 0 spiro atoms. The van der Waals surface area contributed by atoms with Gasteiger partial charge in [0.15, 0.2) is 6.19 Å². The van der Waals surface area contributed by atoms with Gasteiger partial charge in [-0.05, 0) is 12.8 Å². The lowest BCUT2D eigenvalue weighted by Gasteiger charge is -2.34. The number of hydrogen-bond acceptors (Lipinski definition) is 5. The van der Waals surface area contributed by atoms with Gasteiger partial charge in [0, 0.05) is 31.6 Å². The van der Waals surface area contributed by atoms with Crippen molar-refractivity contribution in [3.8, 4) is 17.5 Å². The minimum absolute atomic E-state index is 0.0873. The molecule has 1 aliphatic heterocycles. The van der Waals surface area contributed by atoms with Gasteiger partial charge in [-0.15, -0.1) is 0 Å². The van der Waals surface area contributed by atoms with Crippen LogP contribution in [0.3, 0.4) is 0 Å². The number of piperidine rings is 1. The Balaban J connectivity index is 1.76. The van der Waals surface area contributed by atoms with E-state index in [1.54, 1.807) is 6.33 Å². The van der Waals surface area contributed by atoms with E-state index in [-0.39, 0.29) is 11.8 Å². The smallest absolute Gasteiger partial charge is 0.238 e. The molecule has 2 aromatic rings. The number of nitriles is 1. The Labute approximate surface area is 141 Å². The average Bonchev–Trinajstić information content (AvgIpc) is 2.67. The van der Waals surface area contributed by atoms with Crippen LogP contribution in [0, 0.1) is 17.4 Å². The first-order valence-corrected chi connectivity index (χ1v) is 7.98. The van der Waals surface area contributed by atoms with Crippen molar-refractivity contribution < 1.29 is 4.79 Å². The summed E-state index contributed by atoms with van der Waals surface area (Å²) in [5.41, 5.74) is 2.95. The molecule has 0 unspecified atom stereocenters. The number of benzene rings is 1. The number of anilines is 1. The van der Waals surface area contributed by atoms with E-state index in [0.29, 0.717) is 0 Å². The average molecular weight is 321 g/mol. The third-order valence-electron chi connectivity index (χ3n) is 4.41. The molecule has 1 saturated heterocycles. The van der Waals surface area contributed by atoms with Crippen LogP contribution < -0.4 is 4.90 Å². The molecule has 1 aromatic heterocycles. The maximum absolute atomic E-state index is 12.1. The van der Waals surface area contributed by atoms with Crippen molar-refractivity contribution in [1.82, 2.24) is 14.9 Å². The molecule has 0 bridgehead atoms. The van der Waals surface area contributed by atoms with Crippen molar-refractivity contribution >= 4 is 11.6 Å². The van der Waals surface area contributed by atoms with Crippen LogP contribution in [0.4, 0.5) is 5.69 Å². The fourth-order valence-corrected chi connectivity index (χ4v) is 3.06. The molecular weight excluding hydrogens is 302 g/mol. The van der Waals surface area contributed by atoms with Gasteiger partial charge in [0.05, 0.1) is 17.6 Å². The zero-order valence-electron chi connectivity index (χ0n) is 13.6. The van der Waals surface area contributed by atoms with Crippen molar-refractivity contribution in [2.45, 2.75) is 12.8 Å². The lowest BCUT2D eigenvalue weighted by Crippen LogP contribution is -2.40. The molecular formula is C18H19N5O. The van der Waals surface area contributed by atoms with Crippen molar-refractivity contribution in [2.24, 2.45) is 5.92 Å². The molecule has 0 saturated carbocycles. The van der Waals surface area contributed by atoms with E-state index in [0.717, 1.165) is 47.8 Å². The third-order valence-corrected chi connectivity index (χ3v) is 4.41. The van der Waals surface area contributed by atoms with Crippen LogP contribution in [0.15, 0.2) is 42.9 Å². The van der Waals surface area contributed by atoms with Gasteiger partial charge in [0.1, 0.15) is 6.33 Å². The van der Waals surface area contributed by atoms with Gasteiger partial charge in [-0.2, -0.15) is 5.26 Å². The van der Waals surface area contributed by atoms with E-state index in [4.69, 9.17) is 5.26 Å². The SMILES string of the molecule is CN(C#N)C(=O)C1CCN(c2cncnc2-c2ccccc2)CC1. The minimum Gasteiger partial charge on any atom is -0.368 e. The molecule has 0 N–H and O–H groups in total. The second-order valence-corrected chi connectivity index (χ2v) is 5.88. The first kappa shape index (κ1) is 15.9. The Morgan fingerprint density at radius 2 is 2.00 bits per heavy atom. The normalized spacial score (nSPS) is 14.9. The summed E-state index contributed by atoms with van der Waals surface area (Å²) < 4.78 is 0. The van der Waals surface area contributed by atoms with E-state index >= 15 is 0 Å². The monoisotopic (exact) mass is 321 g/mol. The number of hydrogen-bond donors (Lipinski definition) is 0. The van der Waals surface area contributed by atoms with Crippen molar-refractivity contribution in [3.05, 3.63) is 42.9 Å². The van der Waals surface area contributed by atoms with Crippen molar-refractivity contribution in [2.75, 3.05) is 25.0 Å². The van der Waals surface area contributed by atoms with E-state index < -0.39 is 0 Å². The molecule has 6 heteroatoms. The number of carbonyl (C=O) groups is 1. The standard InChI is InChI=1S/C18H19N5O/c1-22(12-19)18(24)15-7-9-23(10-8-15)16-11-20-13-21-17(16)14-5-3-2-4-6-14/h2-6,11,13,15H,7-10H2,1H3. The maximum Gasteiger partial charge on any atom is 0.238 e. The lowest BCUT2D eigenvalue weighted by atomic mass is 9.95. The zero-order chi connectivity index (χ0) is 16.9. The van der Waals surface area contributed by atoms with E-state index in [2.05, 4.69) is 14.9 Å². The molecule has 1 aliphatic rings. The highest BCUT2D eigenvalue weighted by Crippen LogP contribution is 2.31. The van der Waals surface area contributed by atoms with Gasteiger partial charge in [0.25, 0.3) is 0 Å². The predicted octanol–water partition coefficient (Wildman–Crippen LogP) is 2.30. The summed E-state index contributed by atoms with van der Waals surface area (Å²) in [7, 11) is 1.52. The second kappa shape index (κ2) is 7.09. The number of carbonyl (C=O) groups excluding carboxylic acids is 1. The highest BCUT2D eigenvalue weighted by atomic mass is 16.2. The molecule has 24 heavy (non-hydrogen) atoms. The molecule has 1 amide bonds. The van der Waals surface area contributed by atoms with Crippen molar-refractivity contribution in [3.63, 3.8) is 0 Å². The molecule has 0 radical (unpaired) electrons. The minimum atomic E-state index is -0.0928. The Kier molecular flexibility index (Phi) is 4.71. The van der Waals surface area contributed by atoms with E-state index in [9.17, 15) is 4.79 Å². The summed E-state index contributed by atoms with van der Waals surface area (Å²) in [5.74, 6) is -0.180. The predicted molar refractivity (Wildman–Crippen MR) is 90.8 cm³/mol. The summed E-state index contributed by atoms with van der Waals surface area (Å²) in [6.45, 7) is 1.51. The quantitative estimate of drug-likeness (QED) is 0.640. The number of amides is 1. The first-order chi connectivity index (χ1) is 11.7. The Hall–Kier alpha value is -2.94. The van der Waals surface area contributed by atoms with Gasteiger partial charge in [-0.1, -0.05) is 30.3 Å². The molecule has 2 heterocycles. The van der Waals surface area contributed by atoms with Gasteiger partial charge in [-0.25, -0.2) is 9.97 Å². The lowest BCUT2D eigenvalue weighted by molar-refractivity contribution is -0.131. The Morgan fingerprint density at radius 3 is 2.67 bits per heavy atom. The van der Waals surface area contributed by atoms with Crippen LogP contribution in [-0.4, -0.2) is 40.9 Å². The van der Waals surface area contributed by atoms with Crippen LogP contribution in [0.1, 0.15) is 12.8 Å². The van der Waals surface area contributed by atoms with Gasteiger partial charge >= 0.3 is 0 Å². The molecule has 1 fully saturated rings. The van der Waals surface area contributed by atoms with E-state index in [1.807, 2.05) is 42.7 Å². The van der Waals surface area contributed by atoms with Crippen LogP contribution in [-0.2, 0) is 4.79 Å². The van der Waals surface area contributed by atoms with Crippen LogP contribution >= 0.6 is 0 Å². The van der Waals surface area contributed by atoms with Gasteiger partial charge in [-0.3, -0.25) is 9.69 Å². The number of aromatic nitrogens is 2. The van der Waals surface area contributed by atoms with Crippen LogP contribution in [0.2, 0.25) is 0 Å². The van der Waals surface area contributed by atoms with Gasteiger partial charge < -0.3 is 4.90 Å². The number of nitrogens with zero attached hydrogens (tertiary/aromatic N) is 5. The first-order valence-electron chi connectivity index (χ1n) is 7.98. The fraction of sp³-hybridized carbons (Fsp3) is 0.333. The largest absolute Gasteiger partial charge is 0.368 e. The highest BCUT2D eigenvalue weighted by molar-refractivity contribution is 5.80. The van der Waals surface area contributed by atoms with Crippen molar-refractivity contribution in [1.29, 1.82) is 5.26 Å². The molecule has 3 rings (SSSR count). The summed E-state index contributed by atoms with van der Waals surface area (Å²) in [6, 6.07) is 10.0. The third kappa shape index (κ3) is 3.20. The van der Waals surface area contributed by atoms with Crippen LogP contribution in [0.5, 0.6) is 0 Å². The van der Waals surface area contributed by atoms with E-state index in [1.165, 1.54) is 7.05 Å². The summed E-state index contributed by atoms with van der Waals surface area (Å²) in [6.07, 6.45) is 6.74. The molecule has 0 aliphatic carbocycles. The Bertz CT molecular complexity index is 748. The Morgan fingerprint density at radius 1 is 1.29 bits per heavy atom. The number of rotatable bonds is 3. The fourth-order valence-electron chi connectivity index (χ4n) is 3.06. The molecule has 122 valence electrons. The summed E-state index contributed by atoms with van der Waals surface area (Å²) in [5, 5.41) is 8.86. The molecule has 0 atom stereocenters. The molecule has 1 aromatic carbocycles.